The van der Waals surface area contributed by atoms with E-state index < -0.39 is 0 Å². The van der Waals surface area contributed by atoms with Crippen LogP contribution in [0.5, 0.6) is 5.75 Å². The van der Waals surface area contributed by atoms with Gasteiger partial charge in [-0.1, -0.05) is 25.5 Å². The summed E-state index contributed by atoms with van der Waals surface area (Å²) >= 11 is 0. The Morgan fingerprint density at radius 1 is 1.33 bits per heavy atom. The molecule has 1 atom stereocenters. The summed E-state index contributed by atoms with van der Waals surface area (Å²) in [5.41, 5.74) is 1.35. The van der Waals surface area contributed by atoms with Gasteiger partial charge >= 0.3 is 0 Å². The molecule has 82 valence electrons. The first kappa shape index (κ1) is 10.5. The molecule has 1 aromatic rings. The highest BCUT2D eigenvalue weighted by atomic mass is 16.6. The lowest BCUT2D eigenvalue weighted by Crippen LogP contribution is -2.16. The zero-order valence-corrected chi connectivity index (χ0v) is 9.45. The molecule has 15 heavy (non-hydrogen) atoms. The van der Waals surface area contributed by atoms with Crippen LogP contribution < -0.4 is 4.74 Å². The van der Waals surface area contributed by atoms with E-state index in [1.54, 1.807) is 0 Å². The Morgan fingerprint density at radius 2 is 2.00 bits per heavy atom. The van der Waals surface area contributed by atoms with E-state index in [1.807, 2.05) is 12.1 Å². The molecule has 2 heteroatoms. The molecule has 1 aliphatic heterocycles. The molecule has 0 aromatic heterocycles. The molecule has 0 spiro atoms. The van der Waals surface area contributed by atoms with Crippen molar-refractivity contribution in [2.24, 2.45) is 0 Å². The van der Waals surface area contributed by atoms with Crippen LogP contribution in [0.1, 0.15) is 25.8 Å². The highest BCUT2D eigenvalue weighted by molar-refractivity contribution is 5.27. The second-order valence-electron chi connectivity index (χ2n) is 4.42. The quantitative estimate of drug-likeness (QED) is 0.691. The smallest absolute Gasteiger partial charge is 0.123 e. The van der Waals surface area contributed by atoms with Crippen molar-refractivity contribution in [2.45, 2.75) is 32.3 Å². The van der Waals surface area contributed by atoms with Crippen molar-refractivity contribution in [3.63, 3.8) is 0 Å². The molecule has 1 unspecified atom stereocenters. The number of hydrogen-bond acceptors (Lipinski definition) is 2. The molecule has 1 aromatic carbocycles. The van der Waals surface area contributed by atoms with Gasteiger partial charge in [-0.25, -0.2) is 0 Å². The summed E-state index contributed by atoms with van der Waals surface area (Å²) in [6.45, 7) is 5.73. The third kappa shape index (κ3) is 2.96. The monoisotopic (exact) mass is 206 g/mol. The average molecular weight is 206 g/mol. The third-order valence-corrected chi connectivity index (χ3v) is 2.64. The number of benzene rings is 1. The van der Waals surface area contributed by atoms with Crippen LogP contribution in [-0.2, 0) is 11.2 Å². The van der Waals surface area contributed by atoms with Crippen molar-refractivity contribution in [3.8, 4) is 5.75 Å². The summed E-state index contributed by atoms with van der Waals surface area (Å²) in [4.78, 5) is 0. The maximum atomic E-state index is 5.64. The van der Waals surface area contributed by atoms with Crippen molar-refractivity contribution in [2.75, 3.05) is 13.2 Å². The lowest BCUT2D eigenvalue weighted by atomic mass is 10.1. The zero-order valence-electron chi connectivity index (χ0n) is 9.45. The van der Waals surface area contributed by atoms with Gasteiger partial charge in [-0.2, -0.15) is 0 Å². The molecule has 1 heterocycles. The predicted octanol–water partition coefficient (Wildman–Crippen LogP) is 2.81. The summed E-state index contributed by atoms with van der Waals surface area (Å²) in [5.74, 6) is 0.937. The number of aryl methyl sites for hydroxylation is 1. The molecule has 0 N–H and O–H groups in total. The fraction of sp³-hybridized carbons (Fsp3) is 0.538. The lowest BCUT2D eigenvalue weighted by Gasteiger charge is -2.09. The minimum absolute atomic E-state index is 0.0257. The van der Waals surface area contributed by atoms with Crippen molar-refractivity contribution >= 4 is 0 Å². The van der Waals surface area contributed by atoms with Crippen LogP contribution in [0.4, 0.5) is 0 Å². The molecule has 2 rings (SSSR count). The first-order chi connectivity index (χ1) is 7.22. The van der Waals surface area contributed by atoms with E-state index in [1.165, 1.54) is 12.0 Å². The van der Waals surface area contributed by atoms with Gasteiger partial charge in [-0.3, -0.25) is 0 Å². The summed E-state index contributed by atoms with van der Waals surface area (Å²) in [5, 5.41) is 0. The van der Waals surface area contributed by atoms with E-state index in [9.17, 15) is 0 Å². The molecular formula is C13H18O2. The van der Waals surface area contributed by atoms with Gasteiger partial charge in [0.15, 0.2) is 0 Å². The van der Waals surface area contributed by atoms with Crippen LogP contribution in [0, 0.1) is 0 Å². The van der Waals surface area contributed by atoms with Gasteiger partial charge in [0.2, 0.25) is 0 Å². The largest absolute Gasteiger partial charge is 0.491 e. The zero-order chi connectivity index (χ0) is 10.7. The van der Waals surface area contributed by atoms with Crippen LogP contribution in [0.3, 0.4) is 0 Å². The van der Waals surface area contributed by atoms with Gasteiger partial charge in [-0.05, 0) is 31.0 Å². The molecular weight excluding hydrogens is 188 g/mol. The maximum Gasteiger partial charge on any atom is 0.123 e. The highest BCUT2D eigenvalue weighted by Gasteiger charge is 2.40. The Balaban J connectivity index is 1.86. The Kier molecular flexibility index (Phi) is 2.96. The van der Waals surface area contributed by atoms with E-state index in [-0.39, 0.29) is 5.60 Å². The summed E-state index contributed by atoms with van der Waals surface area (Å²) < 4.78 is 10.9. The van der Waals surface area contributed by atoms with Gasteiger partial charge in [0.25, 0.3) is 0 Å². The number of hydrogen-bond donors (Lipinski definition) is 0. The van der Waals surface area contributed by atoms with E-state index in [0.29, 0.717) is 6.61 Å². The molecule has 0 amide bonds. The molecule has 0 radical (unpaired) electrons. The van der Waals surface area contributed by atoms with E-state index in [0.717, 1.165) is 18.8 Å². The maximum absolute atomic E-state index is 5.64. The number of rotatable bonds is 5. The Bertz CT molecular complexity index is 312. The Morgan fingerprint density at radius 3 is 2.53 bits per heavy atom. The van der Waals surface area contributed by atoms with Gasteiger partial charge in [0.1, 0.15) is 18.0 Å². The van der Waals surface area contributed by atoms with Crippen LogP contribution in [-0.4, -0.2) is 18.8 Å². The predicted molar refractivity (Wildman–Crippen MR) is 60.3 cm³/mol. The second kappa shape index (κ2) is 4.23. The topological polar surface area (TPSA) is 21.8 Å². The lowest BCUT2D eigenvalue weighted by molar-refractivity contribution is 0.202. The Hall–Kier alpha value is -1.02. The normalized spacial score (nSPS) is 23.9. The van der Waals surface area contributed by atoms with Crippen LogP contribution in [0.25, 0.3) is 0 Å². The van der Waals surface area contributed by atoms with E-state index in [2.05, 4.69) is 26.0 Å². The van der Waals surface area contributed by atoms with E-state index in [4.69, 9.17) is 9.47 Å². The standard InChI is InChI=1S/C13H18O2/c1-3-4-11-5-7-12(8-6-11)14-9-13(2)10-15-13/h5-8H,3-4,9-10H2,1-2H3. The number of epoxide rings is 1. The van der Waals surface area contributed by atoms with Gasteiger partial charge in [-0.15, -0.1) is 0 Å². The molecule has 1 saturated heterocycles. The minimum Gasteiger partial charge on any atom is -0.491 e. The van der Waals surface area contributed by atoms with Crippen LogP contribution in [0.15, 0.2) is 24.3 Å². The van der Waals surface area contributed by atoms with Crippen molar-refractivity contribution < 1.29 is 9.47 Å². The molecule has 1 fully saturated rings. The van der Waals surface area contributed by atoms with Gasteiger partial charge < -0.3 is 9.47 Å². The summed E-state index contributed by atoms with van der Waals surface area (Å²) in [7, 11) is 0. The van der Waals surface area contributed by atoms with Crippen LogP contribution >= 0.6 is 0 Å². The molecule has 1 aliphatic rings. The first-order valence-corrected chi connectivity index (χ1v) is 5.57. The fourth-order valence-corrected chi connectivity index (χ4v) is 1.48. The first-order valence-electron chi connectivity index (χ1n) is 5.57. The summed E-state index contributed by atoms with van der Waals surface area (Å²) in [6.07, 6.45) is 2.33. The SMILES string of the molecule is CCCc1ccc(OCC2(C)CO2)cc1. The van der Waals surface area contributed by atoms with Crippen molar-refractivity contribution in [1.82, 2.24) is 0 Å². The number of ether oxygens (including phenoxy) is 2. The minimum atomic E-state index is -0.0257. The van der Waals surface area contributed by atoms with Crippen LogP contribution in [0.2, 0.25) is 0 Å². The highest BCUT2D eigenvalue weighted by Crippen LogP contribution is 2.26. The fourth-order valence-electron chi connectivity index (χ4n) is 1.48. The van der Waals surface area contributed by atoms with Crippen molar-refractivity contribution in [3.05, 3.63) is 29.8 Å². The van der Waals surface area contributed by atoms with Gasteiger partial charge in [0.05, 0.1) is 6.61 Å². The third-order valence-electron chi connectivity index (χ3n) is 2.64. The van der Waals surface area contributed by atoms with Gasteiger partial charge in [0, 0.05) is 0 Å². The van der Waals surface area contributed by atoms with E-state index >= 15 is 0 Å². The molecule has 2 nitrogen and oxygen atoms in total. The molecule has 0 bridgehead atoms. The van der Waals surface area contributed by atoms with Crippen molar-refractivity contribution in [1.29, 1.82) is 0 Å². The Labute approximate surface area is 91.2 Å². The summed E-state index contributed by atoms with van der Waals surface area (Å²) in [6, 6.07) is 8.34. The second-order valence-corrected chi connectivity index (χ2v) is 4.42. The average Bonchev–Trinajstić information content (AvgIpc) is 2.97. The molecule has 0 aliphatic carbocycles. The molecule has 0 saturated carbocycles.